The van der Waals surface area contributed by atoms with E-state index in [2.05, 4.69) is 53.8 Å². The van der Waals surface area contributed by atoms with Gasteiger partial charge in [-0.2, -0.15) is 10.1 Å². The molecule has 6 rings (SSSR count). The van der Waals surface area contributed by atoms with Gasteiger partial charge in [-0.3, -0.25) is 14.8 Å². The van der Waals surface area contributed by atoms with Gasteiger partial charge in [0.1, 0.15) is 5.82 Å². The summed E-state index contributed by atoms with van der Waals surface area (Å²) in [5, 5.41) is 13.7. The molecule has 1 amide bonds. The lowest BCUT2D eigenvalue weighted by Gasteiger charge is -2.34. The number of methoxy groups -OCH3 is 1. The summed E-state index contributed by atoms with van der Waals surface area (Å²) in [6.45, 7) is 4.40. The summed E-state index contributed by atoms with van der Waals surface area (Å²) < 4.78 is 5.56. The first-order valence-electron chi connectivity index (χ1n) is 13.7. The number of carbonyl (C=O) groups excluding carboxylic acids is 1. The van der Waals surface area contributed by atoms with E-state index in [1.807, 2.05) is 36.4 Å². The molecule has 206 valence electrons. The van der Waals surface area contributed by atoms with Crippen LogP contribution in [0.3, 0.4) is 0 Å². The molecule has 1 aliphatic carbocycles. The Labute approximate surface area is 233 Å². The summed E-state index contributed by atoms with van der Waals surface area (Å²) in [5.74, 6) is 2.74. The van der Waals surface area contributed by atoms with Crippen LogP contribution in [-0.2, 0) is 11.3 Å². The second kappa shape index (κ2) is 11.8. The van der Waals surface area contributed by atoms with Gasteiger partial charge in [-0.15, -0.1) is 0 Å². The maximum absolute atomic E-state index is 12.6. The van der Waals surface area contributed by atoms with Gasteiger partial charge in [-0.05, 0) is 36.6 Å². The summed E-state index contributed by atoms with van der Waals surface area (Å²) in [5.41, 5.74) is 3.92. The lowest BCUT2D eigenvalue weighted by molar-refractivity contribution is 0.0575. The van der Waals surface area contributed by atoms with E-state index in [0.29, 0.717) is 11.5 Å². The van der Waals surface area contributed by atoms with Crippen LogP contribution in [0.25, 0.3) is 0 Å². The number of nitrogens with zero attached hydrogens (tertiary/aromatic N) is 5. The second-order valence-electron chi connectivity index (χ2n) is 10.3. The number of nitrogens with one attached hydrogen (secondary N) is 3. The van der Waals surface area contributed by atoms with Gasteiger partial charge in [-0.1, -0.05) is 42.5 Å². The zero-order chi connectivity index (χ0) is 27.3. The average molecular weight is 539 g/mol. The molecule has 2 aliphatic rings. The molecule has 4 aromatic rings. The number of rotatable bonds is 10. The molecule has 3 heterocycles. The smallest absolute Gasteiger partial charge is 0.253 e. The molecule has 1 unspecified atom stereocenters. The maximum Gasteiger partial charge on any atom is 0.253 e. The molecule has 0 bridgehead atoms. The number of benzene rings is 2. The Kier molecular flexibility index (Phi) is 7.69. The van der Waals surface area contributed by atoms with Crippen LogP contribution in [-0.4, -0.2) is 64.3 Å². The number of hydrogen-bond donors (Lipinski definition) is 3. The second-order valence-corrected chi connectivity index (χ2v) is 10.3. The Morgan fingerprint density at radius 2 is 1.80 bits per heavy atom. The lowest BCUT2D eigenvalue weighted by Crippen LogP contribution is -2.46. The van der Waals surface area contributed by atoms with Gasteiger partial charge in [0.25, 0.3) is 5.91 Å². The number of piperazine rings is 1. The molecule has 10 heteroatoms. The summed E-state index contributed by atoms with van der Waals surface area (Å²) in [4.78, 5) is 26.5. The van der Waals surface area contributed by atoms with Crippen LogP contribution in [0.5, 0.6) is 0 Å². The third kappa shape index (κ3) is 6.30. The Bertz CT molecular complexity index is 1410. The van der Waals surface area contributed by atoms with Gasteiger partial charge in [0.05, 0.1) is 0 Å². The van der Waals surface area contributed by atoms with Gasteiger partial charge in [0, 0.05) is 74.8 Å². The van der Waals surface area contributed by atoms with Crippen molar-refractivity contribution in [1.29, 1.82) is 0 Å². The largest absolute Gasteiger partial charge is 0.357 e. The van der Waals surface area contributed by atoms with Gasteiger partial charge < -0.3 is 20.3 Å². The van der Waals surface area contributed by atoms with Crippen LogP contribution in [0.2, 0.25) is 0 Å². The molecule has 1 aliphatic heterocycles. The highest BCUT2D eigenvalue weighted by Crippen LogP contribution is 2.39. The quantitative estimate of drug-likeness (QED) is 0.258. The van der Waals surface area contributed by atoms with E-state index in [-0.39, 0.29) is 5.91 Å². The Morgan fingerprint density at radius 3 is 2.52 bits per heavy atom. The number of carbonyl (C=O) groups is 1. The number of aromatic amines is 1. The summed E-state index contributed by atoms with van der Waals surface area (Å²) >= 11 is 0. The Balaban J connectivity index is 1.000. The van der Waals surface area contributed by atoms with E-state index in [0.717, 1.165) is 55.9 Å². The van der Waals surface area contributed by atoms with Crippen molar-refractivity contribution in [1.82, 2.24) is 30.4 Å². The van der Waals surface area contributed by atoms with Crippen molar-refractivity contribution >= 4 is 23.5 Å². The zero-order valence-corrected chi connectivity index (χ0v) is 22.6. The fraction of sp³-hybridized carbons (Fsp3) is 0.333. The molecule has 1 atom stereocenters. The van der Waals surface area contributed by atoms with E-state index in [9.17, 15) is 4.79 Å². The van der Waals surface area contributed by atoms with Crippen molar-refractivity contribution in [2.24, 2.45) is 0 Å². The lowest BCUT2D eigenvalue weighted by atomic mass is 10.1. The van der Waals surface area contributed by atoms with Crippen molar-refractivity contribution in [2.75, 3.05) is 43.5 Å². The minimum Gasteiger partial charge on any atom is -0.357 e. The predicted molar refractivity (Wildman–Crippen MR) is 153 cm³/mol. The van der Waals surface area contributed by atoms with Crippen LogP contribution in [0.1, 0.15) is 52.2 Å². The van der Waals surface area contributed by atoms with E-state index in [4.69, 9.17) is 9.72 Å². The number of H-pyrrole nitrogens is 1. The van der Waals surface area contributed by atoms with Crippen molar-refractivity contribution in [3.05, 3.63) is 95.3 Å². The van der Waals surface area contributed by atoms with E-state index in [1.165, 1.54) is 24.1 Å². The number of hydrogen-bond acceptors (Lipinski definition) is 8. The van der Waals surface area contributed by atoms with E-state index in [1.54, 1.807) is 25.4 Å². The van der Waals surface area contributed by atoms with Crippen molar-refractivity contribution in [3.8, 4) is 0 Å². The normalized spacial score (nSPS) is 16.5. The Hall–Kier alpha value is -4.28. The molecule has 2 aromatic heterocycles. The molecule has 0 spiro atoms. The third-order valence-electron chi connectivity index (χ3n) is 7.39. The summed E-state index contributed by atoms with van der Waals surface area (Å²) in [6, 6.07) is 21.3. The van der Waals surface area contributed by atoms with Gasteiger partial charge in [0.2, 0.25) is 5.95 Å². The van der Waals surface area contributed by atoms with Crippen LogP contribution in [0.4, 0.5) is 17.6 Å². The molecule has 0 radical (unpaired) electrons. The van der Waals surface area contributed by atoms with Crippen molar-refractivity contribution < 1.29 is 9.53 Å². The fourth-order valence-electron chi connectivity index (χ4n) is 4.94. The van der Waals surface area contributed by atoms with Crippen LogP contribution >= 0.6 is 0 Å². The summed E-state index contributed by atoms with van der Waals surface area (Å²) in [6.07, 6.45) is 3.76. The Morgan fingerprint density at radius 1 is 1.02 bits per heavy atom. The average Bonchev–Trinajstić information content (AvgIpc) is 3.75. The molecule has 2 aromatic carbocycles. The molecule has 1 saturated carbocycles. The number of ether oxygens (including phenoxy) is 1. The zero-order valence-electron chi connectivity index (χ0n) is 22.6. The highest BCUT2D eigenvalue weighted by atomic mass is 16.5. The van der Waals surface area contributed by atoms with E-state index >= 15 is 0 Å². The molecule has 10 nitrogen and oxygen atoms in total. The first kappa shape index (κ1) is 26.0. The highest BCUT2D eigenvalue weighted by molar-refractivity contribution is 5.94. The topological polar surface area (TPSA) is 111 Å². The first-order chi connectivity index (χ1) is 19.6. The van der Waals surface area contributed by atoms with Gasteiger partial charge >= 0.3 is 0 Å². The third-order valence-corrected chi connectivity index (χ3v) is 7.39. The van der Waals surface area contributed by atoms with Crippen LogP contribution in [0.15, 0.2) is 72.9 Å². The molecule has 40 heavy (non-hydrogen) atoms. The molecule has 2 fully saturated rings. The van der Waals surface area contributed by atoms with E-state index < -0.39 is 6.23 Å². The van der Waals surface area contributed by atoms with Crippen molar-refractivity contribution in [3.63, 3.8) is 0 Å². The minimum atomic E-state index is -0.510. The predicted octanol–water partition coefficient (Wildman–Crippen LogP) is 4.22. The standard InChI is InChI=1S/C30H34N8O2/c1-40-29(34-28(39)23-5-3-2-4-6-23)24-9-7-21(8-10-24)20-37-15-17-38(18-16-37)30-31-14-13-26(33-30)32-27-19-25(35-36-27)22-11-12-22/h2-10,13-14,19,22,29H,11-12,15-18,20H2,1H3,(H,34,39)(H2,31,32,33,35,36). The van der Waals surface area contributed by atoms with Crippen molar-refractivity contribution in [2.45, 2.75) is 31.5 Å². The minimum absolute atomic E-state index is 0.163. The molecular weight excluding hydrogens is 504 g/mol. The fourth-order valence-corrected chi connectivity index (χ4v) is 4.94. The monoisotopic (exact) mass is 538 g/mol. The summed E-state index contributed by atoms with van der Waals surface area (Å²) in [7, 11) is 1.60. The highest BCUT2D eigenvalue weighted by Gasteiger charge is 2.26. The molecule has 3 N–H and O–H groups in total. The number of amides is 1. The van der Waals surface area contributed by atoms with Gasteiger partial charge in [-0.25, -0.2) is 4.98 Å². The SMILES string of the molecule is COC(NC(=O)c1ccccc1)c1ccc(CN2CCN(c3nccc(Nc4cc(C5CC5)[nH]n4)n3)CC2)cc1. The number of anilines is 3. The number of aromatic nitrogens is 4. The van der Waals surface area contributed by atoms with Crippen LogP contribution < -0.4 is 15.5 Å². The van der Waals surface area contributed by atoms with Crippen LogP contribution in [0, 0.1) is 0 Å². The molecule has 1 saturated heterocycles. The first-order valence-corrected chi connectivity index (χ1v) is 13.7. The molecular formula is C30H34N8O2. The van der Waals surface area contributed by atoms with Gasteiger partial charge in [0.15, 0.2) is 12.0 Å². The maximum atomic E-state index is 12.6.